The van der Waals surface area contributed by atoms with Gasteiger partial charge >= 0.3 is 5.97 Å². The molecule has 10 heteroatoms. The van der Waals surface area contributed by atoms with E-state index in [-0.39, 0.29) is 27.9 Å². The Labute approximate surface area is 177 Å². The number of carbonyl (C=O) groups is 1. The highest BCUT2D eigenvalue weighted by molar-refractivity contribution is 7.89. The van der Waals surface area contributed by atoms with E-state index in [1.54, 1.807) is 12.1 Å². The number of methoxy groups -OCH3 is 1. The molecule has 0 aliphatic heterocycles. The molecule has 0 saturated heterocycles. The van der Waals surface area contributed by atoms with Gasteiger partial charge in [0.25, 0.3) is 0 Å². The molecule has 156 valence electrons. The predicted molar refractivity (Wildman–Crippen MR) is 108 cm³/mol. The van der Waals surface area contributed by atoms with Crippen LogP contribution in [0.4, 0.5) is 4.39 Å². The van der Waals surface area contributed by atoms with Crippen molar-refractivity contribution in [2.24, 2.45) is 0 Å². The molecule has 1 aromatic heterocycles. The highest BCUT2D eigenvalue weighted by Crippen LogP contribution is 2.24. The largest absolute Gasteiger partial charge is 0.465 e. The summed E-state index contributed by atoms with van der Waals surface area (Å²) in [5.41, 5.74) is 0.701. The second kappa shape index (κ2) is 9.21. The zero-order chi connectivity index (χ0) is 21.7. The number of aromatic nitrogens is 1. The van der Waals surface area contributed by atoms with Gasteiger partial charge in [-0.3, -0.25) is 0 Å². The summed E-state index contributed by atoms with van der Waals surface area (Å²) in [6, 6.07) is 12.5. The van der Waals surface area contributed by atoms with Gasteiger partial charge in [0.05, 0.1) is 17.7 Å². The van der Waals surface area contributed by atoms with Gasteiger partial charge < -0.3 is 9.47 Å². The van der Waals surface area contributed by atoms with Gasteiger partial charge in [-0.2, -0.15) is 0 Å². The van der Waals surface area contributed by atoms with Crippen LogP contribution in [0.25, 0.3) is 0 Å². The maximum absolute atomic E-state index is 13.2. The lowest BCUT2D eigenvalue weighted by molar-refractivity contribution is 0.0600. The number of esters is 1. The molecule has 0 atom stereocenters. The van der Waals surface area contributed by atoms with Gasteiger partial charge in [-0.25, -0.2) is 27.3 Å². The normalized spacial score (nSPS) is 11.2. The van der Waals surface area contributed by atoms with Gasteiger partial charge in [-0.05, 0) is 35.9 Å². The average Bonchev–Trinajstić information content (AvgIpc) is 2.72. The highest BCUT2D eigenvalue weighted by Gasteiger charge is 2.19. The van der Waals surface area contributed by atoms with Crippen molar-refractivity contribution >= 4 is 27.6 Å². The van der Waals surface area contributed by atoms with Crippen molar-refractivity contribution in [3.8, 4) is 11.6 Å². The zero-order valence-corrected chi connectivity index (χ0v) is 17.2. The molecular formula is C20H16ClFN2O5S. The Morgan fingerprint density at radius 1 is 1.17 bits per heavy atom. The lowest BCUT2D eigenvalue weighted by Crippen LogP contribution is -2.23. The zero-order valence-electron chi connectivity index (χ0n) is 15.6. The van der Waals surface area contributed by atoms with Gasteiger partial charge in [0, 0.05) is 24.9 Å². The van der Waals surface area contributed by atoms with Crippen molar-refractivity contribution in [2.45, 2.75) is 11.4 Å². The van der Waals surface area contributed by atoms with Crippen LogP contribution in [0, 0.1) is 5.82 Å². The predicted octanol–water partition coefficient (Wildman–Crippen LogP) is 3.93. The molecule has 30 heavy (non-hydrogen) atoms. The van der Waals surface area contributed by atoms with Crippen LogP contribution in [-0.2, 0) is 21.3 Å². The van der Waals surface area contributed by atoms with Crippen LogP contribution < -0.4 is 9.46 Å². The van der Waals surface area contributed by atoms with Gasteiger partial charge in [-0.1, -0.05) is 23.7 Å². The maximum Gasteiger partial charge on any atom is 0.337 e. The number of hydrogen-bond acceptors (Lipinski definition) is 6. The molecule has 0 amide bonds. The number of rotatable bonds is 7. The fraction of sp³-hybridized carbons (Fsp3) is 0.100. The Bertz CT molecular complexity index is 1170. The topological polar surface area (TPSA) is 94.6 Å². The van der Waals surface area contributed by atoms with Crippen molar-refractivity contribution in [1.82, 2.24) is 9.71 Å². The number of nitrogens with one attached hydrogen (secondary N) is 1. The minimum absolute atomic E-state index is 0.0509. The Balaban J connectivity index is 1.66. The molecule has 1 heterocycles. The lowest BCUT2D eigenvalue weighted by Gasteiger charge is -2.10. The number of halogens is 2. The molecule has 2 aromatic carbocycles. The summed E-state index contributed by atoms with van der Waals surface area (Å²) in [5.74, 6) is -0.535. The Kier molecular flexibility index (Phi) is 6.66. The van der Waals surface area contributed by atoms with Crippen LogP contribution in [0.3, 0.4) is 0 Å². The molecule has 3 rings (SSSR count). The number of benzene rings is 2. The minimum Gasteiger partial charge on any atom is -0.465 e. The molecule has 0 spiro atoms. The van der Waals surface area contributed by atoms with E-state index >= 15 is 0 Å². The molecule has 0 aliphatic carbocycles. The standard InChI is InChI=1S/C20H16ClFN2O5S/c1-28-20(25)14-6-7-18(17(21)9-14)30(26,27)24-12-13-5-8-19(23-11-13)29-16-4-2-3-15(22)10-16/h2-11,24H,12H2,1H3. The number of carbonyl (C=O) groups excluding carboxylic acids is 1. The summed E-state index contributed by atoms with van der Waals surface area (Å²) in [6.07, 6.45) is 1.43. The summed E-state index contributed by atoms with van der Waals surface area (Å²) in [5, 5.41) is -0.109. The van der Waals surface area contributed by atoms with Crippen molar-refractivity contribution in [2.75, 3.05) is 7.11 Å². The SMILES string of the molecule is COC(=O)c1ccc(S(=O)(=O)NCc2ccc(Oc3cccc(F)c3)nc2)c(Cl)c1. The summed E-state index contributed by atoms with van der Waals surface area (Å²) >= 11 is 6.02. The van der Waals surface area contributed by atoms with E-state index in [1.807, 2.05) is 0 Å². The van der Waals surface area contributed by atoms with Crippen LogP contribution in [0.5, 0.6) is 11.6 Å². The first-order valence-corrected chi connectivity index (χ1v) is 10.4. The van der Waals surface area contributed by atoms with E-state index in [2.05, 4.69) is 14.4 Å². The number of pyridine rings is 1. The van der Waals surface area contributed by atoms with E-state index in [9.17, 15) is 17.6 Å². The first-order valence-electron chi connectivity index (χ1n) is 8.54. The van der Waals surface area contributed by atoms with E-state index in [4.69, 9.17) is 16.3 Å². The number of nitrogens with zero attached hydrogens (tertiary/aromatic N) is 1. The third-order valence-electron chi connectivity index (χ3n) is 3.92. The Morgan fingerprint density at radius 3 is 2.60 bits per heavy atom. The fourth-order valence-electron chi connectivity index (χ4n) is 2.45. The molecule has 7 nitrogen and oxygen atoms in total. The monoisotopic (exact) mass is 450 g/mol. The average molecular weight is 451 g/mol. The molecule has 0 radical (unpaired) electrons. The van der Waals surface area contributed by atoms with Gasteiger partial charge in [-0.15, -0.1) is 0 Å². The van der Waals surface area contributed by atoms with Gasteiger partial charge in [0.15, 0.2) is 0 Å². The van der Waals surface area contributed by atoms with Crippen molar-refractivity contribution < 1.29 is 27.1 Å². The highest BCUT2D eigenvalue weighted by atomic mass is 35.5. The summed E-state index contributed by atoms with van der Waals surface area (Å²) in [6.45, 7) is -0.0509. The van der Waals surface area contributed by atoms with Gasteiger partial charge in [0.2, 0.25) is 15.9 Å². The molecule has 0 bridgehead atoms. The third kappa shape index (κ3) is 5.32. The van der Waals surface area contributed by atoms with Crippen LogP contribution in [0.15, 0.2) is 65.7 Å². The third-order valence-corrected chi connectivity index (χ3v) is 5.81. The second-order valence-corrected chi connectivity index (χ2v) is 8.17. The van der Waals surface area contributed by atoms with Crippen LogP contribution in [0.2, 0.25) is 5.02 Å². The van der Waals surface area contributed by atoms with Crippen molar-refractivity contribution in [1.29, 1.82) is 0 Å². The minimum atomic E-state index is -3.94. The van der Waals surface area contributed by atoms with Gasteiger partial charge in [0.1, 0.15) is 16.5 Å². The molecular weight excluding hydrogens is 435 g/mol. The molecule has 0 saturated carbocycles. The number of ether oxygens (including phenoxy) is 2. The van der Waals surface area contributed by atoms with E-state index in [0.717, 1.165) is 0 Å². The molecule has 1 N–H and O–H groups in total. The Hall–Kier alpha value is -3.01. The summed E-state index contributed by atoms with van der Waals surface area (Å²) < 4.78 is 50.7. The quantitative estimate of drug-likeness (QED) is 0.548. The molecule has 0 fully saturated rings. The smallest absolute Gasteiger partial charge is 0.337 e. The number of sulfonamides is 1. The van der Waals surface area contributed by atoms with Crippen molar-refractivity contribution in [3.63, 3.8) is 0 Å². The second-order valence-electron chi connectivity index (χ2n) is 6.03. The van der Waals surface area contributed by atoms with Crippen LogP contribution in [-0.4, -0.2) is 26.5 Å². The Morgan fingerprint density at radius 2 is 1.97 bits per heavy atom. The first kappa shape index (κ1) is 21.7. The summed E-state index contributed by atoms with van der Waals surface area (Å²) in [4.78, 5) is 15.4. The molecule has 0 aliphatic rings. The van der Waals surface area contributed by atoms with Crippen LogP contribution in [0.1, 0.15) is 15.9 Å². The fourth-order valence-corrected chi connectivity index (χ4v) is 4.01. The van der Waals surface area contributed by atoms with E-state index in [1.165, 1.54) is 55.8 Å². The van der Waals surface area contributed by atoms with Crippen LogP contribution >= 0.6 is 11.6 Å². The lowest BCUT2D eigenvalue weighted by atomic mass is 10.2. The molecule has 3 aromatic rings. The van der Waals surface area contributed by atoms with Crippen molar-refractivity contribution in [3.05, 3.63) is 82.8 Å². The van der Waals surface area contributed by atoms with E-state index < -0.39 is 21.8 Å². The molecule has 0 unspecified atom stereocenters. The van der Waals surface area contributed by atoms with E-state index in [0.29, 0.717) is 11.3 Å². The number of hydrogen-bond donors (Lipinski definition) is 1. The summed E-state index contributed by atoms with van der Waals surface area (Å²) in [7, 11) is -2.72. The maximum atomic E-state index is 13.2. The first-order chi connectivity index (χ1) is 14.3.